The molecular formula is C16H19F3N4O. The Kier molecular flexibility index (Phi) is 5.83. The van der Waals surface area contributed by atoms with Crippen LogP contribution in [-0.4, -0.2) is 22.1 Å². The highest BCUT2D eigenvalue weighted by atomic mass is 19.4. The Hall–Kier alpha value is -2.51. The minimum atomic E-state index is -4.35. The molecule has 0 radical (unpaired) electrons. The fourth-order valence-electron chi connectivity index (χ4n) is 2.15. The minimum absolute atomic E-state index is 0.171. The smallest absolute Gasteiger partial charge is 0.338 e. The molecule has 1 aromatic heterocycles. The van der Waals surface area contributed by atoms with Crippen LogP contribution < -0.4 is 10.6 Å². The quantitative estimate of drug-likeness (QED) is 0.794. The number of rotatable bonds is 6. The largest absolute Gasteiger partial charge is 0.416 e. The van der Waals surface area contributed by atoms with E-state index in [9.17, 15) is 18.0 Å². The minimum Gasteiger partial charge on any atom is -0.338 e. The second-order valence-electron chi connectivity index (χ2n) is 5.33. The number of aryl methyl sites for hydroxylation is 2. The Bertz CT molecular complexity index is 665. The molecule has 0 aliphatic rings. The molecular weight excluding hydrogens is 321 g/mol. The number of hydrogen-bond acceptors (Lipinski definition) is 2. The first kappa shape index (κ1) is 17.8. The second kappa shape index (κ2) is 7.85. The van der Waals surface area contributed by atoms with Crippen LogP contribution in [-0.2, 0) is 19.3 Å². The Morgan fingerprint density at radius 2 is 1.92 bits per heavy atom. The number of benzene rings is 1. The number of urea groups is 1. The number of carbonyl (C=O) groups excluding carboxylic acids is 1. The number of imidazole rings is 1. The molecule has 2 rings (SSSR count). The van der Waals surface area contributed by atoms with Gasteiger partial charge in [-0.3, -0.25) is 0 Å². The predicted molar refractivity (Wildman–Crippen MR) is 83.3 cm³/mol. The summed E-state index contributed by atoms with van der Waals surface area (Å²) in [5.41, 5.74) is -0.0994. The van der Waals surface area contributed by atoms with Gasteiger partial charge < -0.3 is 15.2 Å². The van der Waals surface area contributed by atoms with Gasteiger partial charge in [0.05, 0.1) is 5.56 Å². The molecule has 0 aliphatic carbocycles. The van der Waals surface area contributed by atoms with Crippen molar-refractivity contribution in [2.75, 3.05) is 6.54 Å². The van der Waals surface area contributed by atoms with E-state index in [2.05, 4.69) is 15.6 Å². The van der Waals surface area contributed by atoms with E-state index in [0.717, 1.165) is 30.9 Å². The van der Waals surface area contributed by atoms with Crippen molar-refractivity contribution < 1.29 is 18.0 Å². The lowest BCUT2D eigenvalue weighted by molar-refractivity contribution is -0.137. The number of aromatic nitrogens is 2. The summed E-state index contributed by atoms with van der Waals surface area (Å²) in [5.74, 6) is 0.918. The lowest BCUT2D eigenvalue weighted by Gasteiger charge is -2.10. The normalized spacial score (nSPS) is 11.3. The van der Waals surface area contributed by atoms with Crippen LogP contribution in [0.15, 0.2) is 36.7 Å². The SMILES string of the molecule is Cc1nccn1CCCNC(=O)NCc1ccc(C(F)(F)F)cc1. The van der Waals surface area contributed by atoms with Crippen LogP contribution in [0.4, 0.5) is 18.0 Å². The Labute approximate surface area is 137 Å². The van der Waals surface area contributed by atoms with Gasteiger partial charge in [-0.15, -0.1) is 0 Å². The van der Waals surface area contributed by atoms with Gasteiger partial charge in [0.1, 0.15) is 5.82 Å². The molecule has 0 bridgehead atoms. The average Bonchev–Trinajstić information content (AvgIpc) is 2.94. The Balaban J connectivity index is 1.67. The molecule has 0 atom stereocenters. The van der Waals surface area contributed by atoms with E-state index in [0.29, 0.717) is 12.1 Å². The first-order chi connectivity index (χ1) is 11.4. The fraction of sp³-hybridized carbons (Fsp3) is 0.375. The van der Waals surface area contributed by atoms with Crippen LogP contribution in [0, 0.1) is 6.92 Å². The maximum Gasteiger partial charge on any atom is 0.416 e. The number of nitrogens with zero attached hydrogens (tertiary/aromatic N) is 2. The van der Waals surface area contributed by atoms with Gasteiger partial charge >= 0.3 is 12.2 Å². The van der Waals surface area contributed by atoms with Crippen molar-refractivity contribution in [1.82, 2.24) is 20.2 Å². The zero-order valence-corrected chi connectivity index (χ0v) is 13.2. The van der Waals surface area contributed by atoms with E-state index in [-0.39, 0.29) is 12.6 Å². The maximum atomic E-state index is 12.4. The van der Waals surface area contributed by atoms with Gasteiger partial charge in [0.2, 0.25) is 0 Å². The first-order valence-electron chi connectivity index (χ1n) is 7.52. The van der Waals surface area contributed by atoms with Crippen LogP contribution in [0.1, 0.15) is 23.4 Å². The summed E-state index contributed by atoms with van der Waals surface area (Å²) in [6.07, 6.45) is 0.00136. The fourth-order valence-corrected chi connectivity index (χ4v) is 2.15. The molecule has 1 aromatic carbocycles. The van der Waals surface area contributed by atoms with Gasteiger partial charge in [0.15, 0.2) is 0 Å². The lowest BCUT2D eigenvalue weighted by Crippen LogP contribution is -2.35. The molecule has 0 saturated heterocycles. The molecule has 8 heteroatoms. The lowest BCUT2D eigenvalue weighted by atomic mass is 10.1. The number of amides is 2. The van der Waals surface area contributed by atoms with Gasteiger partial charge in [-0.1, -0.05) is 12.1 Å². The third-order valence-electron chi connectivity index (χ3n) is 3.52. The molecule has 24 heavy (non-hydrogen) atoms. The topological polar surface area (TPSA) is 59.0 Å². The van der Waals surface area contributed by atoms with Crippen molar-refractivity contribution in [2.45, 2.75) is 32.6 Å². The number of hydrogen-bond donors (Lipinski definition) is 2. The molecule has 2 aromatic rings. The van der Waals surface area contributed by atoms with Crippen molar-refractivity contribution in [1.29, 1.82) is 0 Å². The Morgan fingerprint density at radius 3 is 2.50 bits per heavy atom. The molecule has 5 nitrogen and oxygen atoms in total. The van der Waals surface area contributed by atoms with Crippen LogP contribution in [0.3, 0.4) is 0 Å². The predicted octanol–water partition coefficient (Wildman–Crippen LogP) is 3.10. The highest BCUT2D eigenvalue weighted by molar-refractivity contribution is 5.73. The molecule has 0 spiro atoms. The molecule has 130 valence electrons. The first-order valence-corrected chi connectivity index (χ1v) is 7.52. The summed E-state index contributed by atoms with van der Waals surface area (Å²) < 4.78 is 39.3. The van der Waals surface area contributed by atoms with E-state index < -0.39 is 11.7 Å². The van der Waals surface area contributed by atoms with Crippen molar-refractivity contribution in [2.24, 2.45) is 0 Å². The summed E-state index contributed by atoms with van der Waals surface area (Å²) >= 11 is 0. The molecule has 0 unspecified atom stereocenters. The van der Waals surface area contributed by atoms with Gasteiger partial charge in [-0.2, -0.15) is 13.2 Å². The van der Waals surface area contributed by atoms with Crippen LogP contribution in [0.25, 0.3) is 0 Å². The summed E-state index contributed by atoms with van der Waals surface area (Å²) in [4.78, 5) is 15.8. The number of halogens is 3. The van der Waals surface area contributed by atoms with Gasteiger partial charge in [0, 0.05) is 32.0 Å². The van der Waals surface area contributed by atoms with E-state index in [1.807, 2.05) is 17.7 Å². The average molecular weight is 340 g/mol. The van der Waals surface area contributed by atoms with Gasteiger partial charge in [0.25, 0.3) is 0 Å². The van der Waals surface area contributed by atoms with Crippen LogP contribution >= 0.6 is 0 Å². The highest BCUT2D eigenvalue weighted by Gasteiger charge is 2.29. The van der Waals surface area contributed by atoms with Crippen LogP contribution in [0.5, 0.6) is 0 Å². The van der Waals surface area contributed by atoms with Gasteiger partial charge in [-0.05, 0) is 31.0 Å². The zero-order valence-electron chi connectivity index (χ0n) is 13.2. The van der Waals surface area contributed by atoms with Crippen molar-refractivity contribution in [3.05, 3.63) is 53.6 Å². The highest BCUT2D eigenvalue weighted by Crippen LogP contribution is 2.28. The third-order valence-corrected chi connectivity index (χ3v) is 3.52. The number of nitrogens with one attached hydrogen (secondary N) is 2. The van der Waals surface area contributed by atoms with E-state index >= 15 is 0 Å². The standard InChI is InChI=1S/C16H19F3N4O/c1-12-20-8-10-23(12)9-2-7-21-15(24)22-11-13-3-5-14(6-4-13)16(17,18)19/h3-6,8,10H,2,7,9,11H2,1H3,(H2,21,22,24). The molecule has 1 heterocycles. The summed E-state index contributed by atoms with van der Waals surface area (Å²) in [7, 11) is 0. The van der Waals surface area contributed by atoms with Gasteiger partial charge in [-0.25, -0.2) is 9.78 Å². The van der Waals surface area contributed by atoms with Crippen molar-refractivity contribution >= 4 is 6.03 Å². The van der Waals surface area contributed by atoms with E-state index in [4.69, 9.17) is 0 Å². The molecule has 0 aliphatic heterocycles. The molecule has 2 amide bonds. The molecule has 0 fully saturated rings. The summed E-state index contributed by atoms with van der Waals surface area (Å²) in [5, 5.41) is 5.32. The van der Waals surface area contributed by atoms with Crippen LogP contribution in [0.2, 0.25) is 0 Å². The number of carbonyl (C=O) groups is 1. The summed E-state index contributed by atoms with van der Waals surface area (Å²) in [6, 6.07) is 4.36. The zero-order chi connectivity index (χ0) is 17.6. The Morgan fingerprint density at radius 1 is 1.21 bits per heavy atom. The number of alkyl halides is 3. The second-order valence-corrected chi connectivity index (χ2v) is 5.33. The van der Waals surface area contributed by atoms with Crippen molar-refractivity contribution in [3.8, 4) is 0 Å². The maximum absolute atomic E-state index is 12.4. The molecule has 2 N–H and O–H groups in total. The monoisotopic (exact) mass is 340 g/mol. The summed E-state index contributed by atoms with van der Waals surface area (Å²) in [6.45, 7) is 3.33. The van der Waals surface area contributed by atoms with Crippen molar-refractivity contribution in [3.63, 3.8) is 0 Å². The van der Waals surface area contributed by atoms with E-state index in [1.165, 1.54) is 12.1 Å². The van der Waals surface area contributed by atoms with E-state index in [1.54, 1.807) is 6.20 Å². The third kappa shape index (κ3) is 5.29. The molecule has 0 saturated carbocycles.